The van der Waals surface area contributed by atoms with Crippen LogP contribution in [0.4, 0.5) is 0 Å². The zero-order valence-corrected chi connectivity index (χ0v) is 6.95. The Labute approximate surface area is 73.9 Å². The number of hydrogen-bond donors (Lipinski definition) is 1. The number of nitrogens with zero attached hydrogens (tertiary/aromatic N) is 3. The topological polar surface area (TPSA) is 105 Å². The molecule has 0 aromatic carbocycles. The standard InChI is InChI=1S/C6H9N3O4/c1-12-6(11)5-4(8-9-7)3(2-10)13-5/h3-5,10H,2H2,1H3/t3-,4+,5+/m1/s1. The predicted molar refractivity (Wildman–Crippen MR) is 40.7 cm³/mol. The Morgan fingerprint density at radius 2 is 2.54 bits per heavy atom. The minimum absolute atomic E-state index is 0.281. The molecule has 0 aromatic rings. The molecule has 72 valence electrons. The molecule has 3 atom stereocenters. The predicted octanol–water partition coefficient (Wildman–Crippen LogP) is -0.402. The van der Waals surface area contributed by atoms with Gasteiger partial charge in [0.15, 0.2) is 6.10 Å². The van der Waals surface area contributed by atoms with Gasteiger partial charge in [0.05, 0.1) is 19.8 Å². The van der Waals surface area contributed by atoms with Crippen LogP contribution in [-0.4, -0.2) is 43.0 Å². The van der Waals surface area contributed by atoms with Crippen LogP contribution >= 0.6 is 0 Å². The molecule has 0 unspecified atom stereocenters. The van der Waals surface area contributed by atoms with Crippen LogP contribution in [0, 0.1) is 0 Å². The lowest BCUT2D eigenvalue weighted by Gasteiger charge is -2.38. The molecule has 0 bridgehead atoms. The zero-order valence-electron chi connectivity index (χ0n) is 6.95. The minimum atomic E-state index is -0.877. The fourth-order valence-corrected chi connectivity index (χ4v) is 1.11. The number of aliphatic hydroxyl groups excluding tert-OH is 1. The highest BCUT2D eigenvalue weighted by atomic mass is 16.6. The molecule has 1 aliphatic heterocycles. The first-order valence-electron chi connectivity index (χ1n) is 3.63. The van der Waals surface area contributed by atoms with Gasteiger partial charge in [-0.1, -0.05) is 5.11 Å². The SMILES string of the molecule is COC(=O)[C@H]1O[C@H](CO)[C@@H]1N=[N+]=[N-]. The summed E-state index contributed by atoms with van der Waals surface area (Å²) in [7, 11) is 1.21. The summed E-state index contributed by atoms with van der Waals surface area (Å²) in [5.74, 6) is -0.595. The lowest BCUT2D eigenvalue weighted by Crippen LogP contribution is -2.58. The van der Waals surface area contributed by atoms with Crippen molar-refractivity contribution in [2.45, 2.75) is 18.2 Å². The van der Waals surface area contributed by atoms with E-state index in [-0.39, 0.29) is 6.61 Å². The molecule has 0 saturated carbocycles. The summed E-state index contributed by atoms with van der Waals surface area (Å²) in [5, 5.41) is 12.0. The van der Waals surface area contributed by atoms with Gasteiger partial charge in [0.1, 0.15) is 6.04 Å². The molecule has 1 heterocycles. The van der Waals surface area contributed by atoms with Gasteiger partial charge in [-0.25, -0.2) is 4.79 Å². The lowest BCUT2D eigenvalue weighted by molar-refractivity contribution is -0.195. The van der Waals surface area contributed by atoms with Crippen LogP contribution in [0.2, 0.25) is 0 Å². The van der Waals surface area contributed by atoms with E-state index in [1.807, 2.05) is 0 Å². The second-order valence-corrected chi connectivity index (χ2v) is 2.50. The van der Waals surface area contributed by atoms with Crippen molar-refractivity contribution in [1.82, 2.24) is 0 Å². The smallest absolute Gasteiger partial charge is 0.335 e. The van der Waals surface area contributed by atoms with Gasteiger partial charge >= 0.3 is 5.97 Å². The van der Waals surface area contributed by atoms with Crippen molar-refractivity contribution in [3.05, 3.63) is 10.4 Å². The Hall–Kier alpha value is -1.30. The molecule has 1 N–H and O–H groups in total. The van der Waals surface area contributed by atoms with Gasteiger partial charge in [0.25, 0.3) is 0 Å². The van der Waals surface area contributed by atoms with Crippen LogP contribution < -0.4 is 0 Å². The fourth-order valence-electron chi connectivity index (χ4n) is 1.11. The van der Waals surface area contributed by atoms with Crippen LogP contribution in [0.5, 0.6) is 0 Å². The van der Waals surface area contributed by atoms with Crippen molar-refractivity contribution < 1.29 is 19.4 Å². The largest absolute Gasteiger partial charge is 0.467 e. The summed E-state index contributed by atoms with van der Waals surface area (Å²) < 4.78 is 9.31. The molecular formula is C6H9N3O4. The Kier molecular flexibility index (Phi) is 3.07. The zero-order chi connectivity index (χ0) is 9.84. The molecule has 1 rings (SSSR count). The Balaban J connectivity index is 2.61. The van der Waals surface area contributed by atoms with E-state index in [0.29, 0.717) is 0 Å². The van der Waals surface area contributed by atoms with Crippen molar-refractivity contribution >= 4 is 5.97 Å². The molecule has 1 fully saturated rings. The maximum Gasteiger partial charge on any atom is 0.335 e. The van der Waals surface area contributed by atoms with Crippen molar-refractivity contribution in [2.75, 3.05) is 13.7 Å². The van der Waals surface area contributed by atoms with Crippen molar-refractivity contribution in [3.63, 3.8) is 0 Å². The molecule has 0 aliphatic carbocycles. The number of ether oxygens (including phenoxy) is 2. The average Bonchev–Trinajstić information content (AvgIpc) is 2.13. The van der Waals surface area contributed by atoms with Crippen LogP contribution in [-0.2, 0) is 14.3 Å². The highest BCUT2D eigenvalue weighted by molar-refractivity contribution is 5.76. The molecule has 7 nitrogen and oxygen atoms in total. The monoisotopic (exact) mass is 187 g/mol. The third kappa shape index (κ3) is 1.72. The second kappa shape index (κ2) is 4.08. The van der Waals surface area contributed by atoms with E-state index >= 15 is 0 Å². The lowest BCUT2D eigenvalue weighted by atomic mass is 9.99. The Morgan fingerprint density at radius 1 is 1.85 bits per heavy atom. The van der Waals surface area contributed by atoms with E-state index < -0.39 is 24.2 Å². The summed E-state index contributed by atoms with van der Waals surface area (Å²) >= 11 is 0. The third-order valence-electron chi connectivity index (χ3n) is 1.81. The molecule has 1 saturated heterocycles. The van der Waals surface area contributed by atoms with Gasteiger partial charge in [0.2, 0.25) is 0 Å². The summed E-state index contributed by atoms with van der Waals surface area (Å²) in [4.78, 5) is 13.5. The first-order chi connectivity index (χ1) is 6.24. The van der Waals surface area contributed by atoms with E-state index in [1.54, 1.807) is 0 Å². The second-order valence-electron chi connectivity index (χ2n) is 2.50. The van der Waals surface area contributed by atoms with Gasteiger partial charge < -0.3 is 14.6 Å². The summed E-state index contributed by atoms with van der Waals surface area (Å²) in [6, 6.07) is -0.664. The number of methoxy groups -OCH3 is 1. The van der Waals surface area contributed by atoms with E-state index in [9.17, 15) is 4.79 Å². The Morgan fingerprint density at radius 3 is 3.00 bits per heavy atom. The normalized spacial score (nSPS) is 31.4. The molecule has 0 spiro atoms. The molecule has 0 radical (unpaired) electrons. The number of carbonyl (C=O) groups is 1. The number of hydrogen-bond acceptors (Lipinski definition) is 5. The first-order valence-corrected chi connectivity index (χ1v) is 3.63. The van der Waals surface area contributed by atoms with E-state index in [4.69, 9.17) is 15.4 Å². The fraction of sp³-hybridized carbons (Fsp3) is 0.833. The molecule has 0 amide bonds. The van der Waals surface area contributed by atoms with Crippen molar-refractivity contribution in [2.24, 2.45) is 5.11 Å². The number of esters is 1. The van der Waals surface area contributed by atoms with Gasteiger partial charge in [-0.3, -0.25) is 0 Å². The average molecular weight is 187 g/mol. The van der Waals surface area contributed by atoms with Crippen LogP contribution in [0.1, 0.15) is 0 Å². The maximum atomic E-state index is 10.9. The molecular weight excluding hydrogens is 178 g/mol. The summed E-state index contributed by atoms with van der Waals surface area (Å²) in [5.41, 5.74) is 8.16. The molecule has 0 aromatic heterocycles. The Bertz CT molecular complexity index is 250. The summed E-state index contributed by atoms with van der Waals surface area (Å²) in [6.45, 7) is -0.281. The van der Waals surface area contributed by atoms with Gasteiger partial charge in [-0.15, -0.1) is 0 Å². The highest BCUT2D eigenvalue weighted by Crippen LogP contribution is 2.25. The first kappa shape index (κ1) is 9.79. The van der Waals surface area contributed by atoms with E-state index in [0.717, 1.165) is 0 Å². The summed E-state index contributed by atoms with van der Waals surface area (Å²) in [6.07, 6.45) is -1.47. The molecule has 1 aliphatic rings. The van der Waals surface area contributed by atoms with Gasteiger partial charge in [0, 0.05) is 4.91 Å². The van der Waals surface area contributed by atoms with Gasteiger partial charge in [-0.2, -0.15) is 0 Å². The quantitative estimate of drug-likeness (QED) is 0.281. The maximum absolute atomic E-state index is 10.9. The van der Waals surface area contributed by atoms with Crippen LogP contribution in [0.3, 0.4) is 0 Å². The highest BCUT2D eigenvalue weighted by Gasteiger charge is 2.46. The number of rotatable bonds is 3. The van der Waals surface area contributed by atoms with E-state index in [2.05, 4.69) is 14.8 Å². The number of aliphatic hydroxyl groups is 1. The number of carbonyl (C=O) groups excluding carboxylic acids is 1. The van der Waals surface area contributed by atoms with Gasteiger partial charge in [-0.05, 0) is 5.53 Å². The minimum Gasteiger partial charge on any atom is -0.467 e. The third-order valence-corrected chi connectivity index (χ3v) is 1.81. The van der Waals surface area contributed by atoms with Crippen LogP contribution in [0.25, 0.3) is 10.4 Å². The van der Waals surface area contributed by atoms with Crippen LogP contribution in [0.15, 0.2) is 5.11 Å². The van der Waals surface area contributed by atoms with Crippen molar-refractivity contribution in [3.8, 4) is 0 Å². The number of azide groups is 1. The van der Waals surface area contributed by atoms with E-state index in [1.165, 1.54) is 7.11 Å². The molecule has 7 heteroatoms. The van der Waals surface area contributed by atoms with Crippen molar-refractivity contribution in [1.29, 1.82) is 0 Å². The molecule has 13 heavy (non-hydrogen) atoms.